The van der Waals surface area contributed by atoms with Crippen molar-refractivity contribution in [3.05, 3.63) is 95.6 Å². The Kier molecular flexibility index (Phi) is 7.28. The van der Waals surface area contributed by atoms with Crippen molar-refractivity contribution in [1.82, 2.24) is 10.7 Å². The predicted molar refractivity (Wildman–Crippen MR) is 122 cm³/mol. The van der Waals surface area contributed by atoms with Crippen molar-refractivity contribution in [2.45, 2.75) is 18.4 Å². The summed E-state index contributed by atoms with van der Waals surface area (Å²) in [6, 6.07) is 24.8. The third-order valence-corrected chi connectivity index (χ3v) is 5.38. The number of nitrogens with one attached hydrogen (secondary N) is 2. The molecule has 0 saturated carbocycles. The van der Waals surface area contributed by atoms with Gasteiger partial charge in [0.05, 0.1) is 0 Å². The van der Waals surface area contributed by atoms with E-state index < -0.39 is 18.0 Å². The summed E-state index contributed by atoms with van der Waals surface area (Å²) in [5.74, 6) is 4.77. The van der Waals surface area contributed by atoms with Crippen LogP contribution in [0.4, 0.5) is 4.79 Å². The molecule has 0 saturated heterocycles. The molecule has 4 N–H and O–H groups in total. The van der Waals surface area contributed by atoms with Crippen LogP contribution in [-0.4, -0.2) is 24.6 Å². The van der Waals surface area contributed by atoms with E-state index in [1.54, 1.807) is 0 Å². The largest absolute Gasteiger partial charge is 0.449 e. The summed E-state index contributed by atoms with van der Waals surface area (Å²) in [4.78, 5) is 24.6. The van der Waals surface area contributed by atoms with Gasteiger partial charge in [-0.2, -0.15) is 0 Å². The van der Waals surface area contributed by atoms with Gasteiger partial charge in [-0.3, -0.25) is 10.2 Å². The van der Waals surface area contributed by atoms with Crippen LogP contribution in [0.5, 0.6) is 0 Å². The third kappa shape index (κ3) is 4.87. The molecule has 0 spiro atoms. The van der Waals surface area contributed by atoms with Gasteiger partial charge < -0.3 is 10.1 Å². The van der Waals surface area contributed by atoms with Crippen LogP contribution < -0.4 is 16.6 Å². The quantitative estimate of drug-likeness (QED) is 0.312. The number of hydrogen-bond donors (Lipinski definition) is 3. The van der Waals surface area contributed by atoms with Crippen LogP contribution >= 0.6 is 12.4 Å². The minimum atomic E-state index is -0.826. The van der Waals surface area contributed by atoms with Crippen molar-refractivity contribution >= 4 is 24.4 Å². The lowest BCUT2D eigenvalue weighted by Gasteiger charge is -2.19. The average Bonchev–Trinajstić information content (AvgIpc) is 3.11. The number of nitrogens with two attached hydrogens (primary N) is 1. The number of benzene rings is 3. The molecule has 7 heteroatoms. The molecule has 1 unspecified atom stereocenters. The number of carbonyl (C=O) groups is 2. The predicted octanol–water partition coefficient (Wildman–Crippen LogP) is 3.55. The van der Waals surface area contributed by atoms with Crippen molar-refractivity contribution in [2.75, 3.05) is 6.61 Å². The van der Waals surface area contributed by atoms with Crippen LogP contribution in [-0.2, 0) is 16.0 Å². The van der Waals surface area contributed by atoms with E-state index in [1.807, 2.05) is 54.6 Å². The molecule has 160 valence electrons. The monoisotopic (exact) mass is 437 g/mol. The summed E-state index contributed by atoms with van der Waals surface area (Å²) in [5, 5.41) is 2.63. The molecule has 0 heterocycles. The highest BCUT2D eigenvalue weighted by Crippen LogP contribution is 2.44. The zero-order chi connectivity index (χ0) is 20.9. The highest BCUT2D eigenvalue weighted by atomic mass is 35.5. The maximum Gasteiger partial charge on any atom is 0.407 e. The lowest BCUT2D eigenvalue weighted by Crippen LogP contribution is -2.50. The third-order valence-electron chi connectivity index (χ3n) is 5.38. The van der Waals surface area contributed by atoms with E-state index in [-0.39, 0.29) is 24.9 Å². The van der Waals surface area contributed by atoms with Crippen LogP contribution in [0.3, 0.4) is 0 Å². The fraction of sp³-hybridized carbons (Fsp3) is 0.167. The van der Waals surface area contributed by atoms with Crippen molar-refractivity contribution in [2.24, 2.45) is 5.84 Å². The molecular formula is C24H24ClN3O3. The summed E-state index contributed by atoms with van der Waals surface area (Å²) >= 11 is 0. The average molecular weight is 438 g/mol. The standard InChI is InChI=1S/C24H23N3O3.ClH/c25-27-23(28)22(14-16-8-2-1-3-9-16)26-24(29)30-15-21-19-12-6-4-10-17(19)18-11-5-7-13-20(18)21;/h1-13,21-22H,14-15,25H2,(H,26,29)(H,27,28);1H. The number of fused-ring (bicyclic) bond motifs is 3. The highest BCUT2D eigenvalue weighted by molar-refractivity contribution is 5.86. The fourth-order valence-corrected chi connectivity index (χ4v) is 3.94. The molecule has 0 aliphatic heterocycles. The van der Waals surface area contributed by atoms with Gasteiger partial charge in [0.1, 0.15) is 12.6 Å². The molecule has 0 aromatic heterocycles. The topological polar surface area (TPSA) is 93.5 Å². The molecule has 6 nitrogen and oxygen atoms in total. The lowest BCUT2D eigenvalue weighted by atomic mass is 9.98. The Morgan fingerprint density at radius 2 is 1.42 bits per heavy atom. The molecule has 0 bridgehead atoms. The zero-order valence-corrected chi connectivity index (χ0v) is 17.6. The maximum absolute atomic E-state index is 12.5. The molecule has 1 atom stereocenters. The molecular weight excluding hydrogens is 414 g/mol. The maximum atomic E-state index is 12.5. The van der Waals surface area contributed by atoms with Crippen LogP contribution in [0.2, 0.25) is 0 Å². The summed E-state index contributed by atoms with van der Waals surface area (Å²) < 4.78 is 5.53. The second-order valence-corrected chi connectivity index (χ2v) is 7.22. The van der Waals surface area contributed by atoms with Gasteiger partial charge in [-0.15, -0.1) is 12.4 Å². The minimum Gasteiger partial charge on any atom is -0.449 e. The van der Waals surface area contributed by atoms with Gasteiger partial charge in [0.2, 0.25) is 0 Å². The number of alkyl carbamates (subject to hydrolysis) is 1. The Morgan fingerprint density at radius 3 is 2.00 bits per heavy atom. The van der Waals surface area contributed by atoms with E-state index in [1.165, 1.54) is 0 Å². The van der Waals surface area contributed by atoms with E-state index in [9.17, 15) is 9.59 Å². The first-order valence-electron chi connectivity index (χ1n) is 9.83. The molecule has 0 fully saturated rings. The van der Waals surface area contributed by atoms with Crippen LogP contribution in [0, 0.1) is 0 Å². The molecule has 1 aliphatic rings. The van der Waals surface area contributed by atoms with Crippen molar-refractivity contribution in [3.63, 3.8) is 0 Å². The summed E-state index contributed by atoms with van der Waals surface area (Å²) in [6.45, 7) is 0.183. The first-order chi connectivity index (χ1) is 14.7. The number of hydrogen-bond acceptors (Lipinski definition) is 4. The van der Waals surface area contributed by atoms with Gasteiger partial charge in [-0.25, -0.2) is 10.6 Å². The van der Waals surface area contributed by atoms with E-state index >= 15 is 0 Å². The normalized spacial score (nSPS) is 12.7. The first kappa shape index (κ1) is 22.3. The van der Waals surface area contributed by atoms with Gasteiger partial charge in [0.25, 0.3) is 5.91 Å². The number of carbonyl (C=O) groups excluding carboxylic acids is 2. The van der Waals surface area contributed by atoms with Crippen LogP contribution in [0.15, 0.2) is 78.9 Å². The van der Waals surface area contributed by atoms with Gasteiger partial charge >= 0.3 is 6.09 Å². The second kappa shape index (κ2) is 10.1. The molecule has 4 rings (SSSR count). The van der Waals surface area contributed by atoms with Gasteiger partial charge in [0, 0.05) is 12.3 Å². The number of rotatable bonds is 6. The summed E-state index contributed by atoms with van der Waals surface area (Å²) in [7, 11) is 0. The Labute approximate surface area is 187 Å². The Bertz CT molecular complexity index is 1010. The van der Waals surface area contributed by atoms with Crippen molar-refractivity contribution in [3.8, 4) is 11.1 Å². The van der Waals surface area contributed by atoms with E-state index in [2.05, 4.69) is 35.0 Å². The first-order valence-corrected chi connectivity index (χ1v) is 9.83. The van der Waals surface area contributed by atoms with Crippen LogP contribution in [0.1, 0.15) is 22.6 Å². The number of ether oxygens (including phenoxy) is 1. The zero-order valence-electron chi connectivity index (χ0n) is 16.8. The SMILES string of the molecule is Cl.NNC(=O)C(Cc1ccccc1)NC(=O)OCC1c2ccccc2-c2ccccc21. The van der Waals surface area contributed by atoms with Gasteiger partial charge in [0.15, 0.2) is 0 Å². The Hall–Kier alpha value is -3.35. The minimum absolute atomic E-state index is 0. The molecule has 3 aromatic rings. The highest BCUT2D eigenvalue weighted by Gasteiger charge is 2.29. The van der Waals surface area contributed by atoms with Gasteiger partial charge in [-0.05, 0) is 27.8 Å². The molecule has 31 heavy (non-hydrogen) atoms. The van der Waals surface area contributed by atoms with E-state index in [0.29, 0.717) is 6.42 Å². The number of hydrazine groups is 1. The molecule has 3 aromatic carbocycles. The summed E-state index contributed by atoms with van der Waals surface area (Å²) in [5.41, 5.74) is 7.59. The van der Waals surface area contributed by atoms with Crippen molar-refractivity contribution < 1.29 is 14.3 Å². The molecule has 0 radical (unpaired) electrons. The number of halogens is 1. The smallest absolute Gasteiger partial charge is 0.407 e. The summed E-state index contributed by atoms with van der Waals surface area (Å²) in [6.07, 6.45) is -0.338. The Morgan fingerprint density at radius 1 is 0.871 bits per heavy atom. The Balaban J connectivity index is 0.00000272. The number of amides is 2. The molecule has 1 aliphatic carbocycles. The fourth-order valence-electron chi connectivity index (χ4n) is 3.94. The second-order valence-electron chi connectivity index (χ2n) is 7.22. The van der Waals surface area contributed by atoms with E-state index in [4.69, 9.17) is 10.6 Å². The molecule has 2 amide bonds. The van der Waals surface area contributed by atoms with Gasteiger partial charge in [-0.1, -0.05) is 78.9 Å². The van der Waals surface area contributed by atoms with Crippen molar-refractivity contribution in [1.29, 1.82) is 0 Å². The lowest BCUT2D eigenvalue weighted by molar-refractivity contribution is -0.123. The van der Waals surface area contributed by atoms with E-state index in [0.717, 1.165) is 27.8 Å². The van der Waals surface area contributed by atoms with Crippen LogP contribution in [0.25, 0.3) is 11.1 Å².